The van der Waals surface area contributed by atoms with E-state index in [2.05, 4.69) is 4.98 Å². The molecule has 0 fully saturated rings. The number of pyridine rings is 1. The van der Waals surface area contributed by atoms with Gasteiger partial charge in [0.05, 0.1) is 5.69 Å². The van der Waals surface area contributed by atoms with Crippen molar-refractivity contribution in [2.45, 2.75) is 6.92 Å². The van der Waals surface area contributed by atoms with E-state index in [1.165, 1.54) is 18.2 Å². The van der Waals surface area contributed by atoms with Gasteiger partial charge < -0.3 is 0 Å². The summed E-state index contributed by atoms with van der Waals surface area (Å²) in [5.41, 5.74) is 1.27. The third kappa shape index (κ3) is 2.20. The molecule has 2 aromatic rings. The van der Waals surface area contributed by atoms with E-state index in [4.69, 9.17) is 0 Å². The second-order valence-corrected chi connectivity index (χ2v) is 3.65. The minimum Gasteiger partial charge on any atom is -0.298 e. The molecule has 0 unspecified atom stereocenters. The van der Waals surface area contributed by atoms with Crippen molar-refractivity contribution in [2.24, 2.45) is 0 Å². The van der Waals surface area contributed by atoms with E-state index in [0.29, 0.717) is 17.5 Å². The Bertz CT molecular complexity index is 582. The molecule has 0 atom stereocenters. The summed E-state index contributed by atoms with van der Waals surface area (Å²) < 4.78 is 26.6. The summed E-state index contributed by atoms with van der Waals surface area (Å²) in [6, 6.07) is 6.87. The van der Waals surface area contributed by atoms with Gasteiger partial charge in [-0.2, -0.15) is 0 Å². The third-order valence-corrected chi connectivity index (χ3v) is 2.34. The number of carbonyl (C=O) groups is 1. The Morgan fingerprint density at radius 2 is 2.00 bits per heavy atom. The molecule has 0 saturated carbocycles. The van der Waals surface area contributed by atoms with Crippen LogP contribution in [0.1, 0.15) is 16.1 Å². The minimum atomic E-state index is -0.956. The molecule has 0 aliphatic rings. The summed E-state index contributed by atoms with van der Waals surface area (Å²) in [5.74, 6) is -1.89. The molecular formula is C13H9F2NO. The summed E-state index contributed by atoms with van der Waals surface area (Å²) in [6.45, 7) is 1.69. The van der Waals surface area contributed by atoms with Crippen LogP contribution in [0.25, 0.3) is 11.3 Å². The number of carbonyl (C=O) groups excluding carboxylic acids is 1. The van der Waals surface area contributed by atoms with Gasteiger partial charge in [-0.1, -0.05) is 6.07 Å². The number of aryl methyl sites for hydroxylation is 1. The lowest BCUT2D eigenvalue weighted by Gasteiger charge is -2.05. The van der Waals surface area contributed by atoms with Crippen LogP contribution in [0, 0.1) is 18.6 Å². The molecule has 4 heteroatoms. The summed E-state index contributed by atoms with van der Waals surface area (Å²) in [4.78, 5) is 14.8. The van der Waals surface area contributed by atoms with E-state index >= 15 is 0 Å². The molecule has 0 aliphatic carbocycles. The van der Waals surface area contributed by atoms with Crippen molar-refractivity contribution in [1.29, 1.82) is 0 Å². The summed E-state index contributed by atoms with van der Waals surface area (Å²) in [6.07, 6.45) is 0.648. The molecule has 86 valence electrons. The van der Waals surface area contributed by atoms with E-state index in [9.17, 15) is 13.6 Å². The normalized spacial score (nSPS) is 10.3. The van der Waals surface area contributed by atoms with Crippen LogP contribution in [-0.2, 0) is 0 Å². The SMILES string of the molecule is Cc1cc(C=O)cc(-c2cccc(F)c2F)n1. The highest BCUT2D eigenvalue weighted by Gasteiger charge is 2.11. The Labute approximate surface area is 96.9 Å². The van der Waals surface area contributed by atoms with Crippen LogP contribution in [0.15, 0.2) is 30.3 Å². The first-order valence-corrected chi connectivity index (χ1v) is 5.00. The van der Waals surface area contributed by atoms with Crippen LogP contribution < -0.4 is 0 Å². The molecule has 0 amide bonds. The fourth-order valence-electron chi connectivity index (χ4n) is 1.60. The highest BCUT2D eigenvalue weighted by atomic mass is 19.2. The number of rotatable bonds is 2. The largest absolute Gasteiger partial charge is 0.298 e. The number of halogens is 2. The van der Waals surface area contributed by atoms with Gasteiger partial charge in [0.1, 0.15) is 6.29 Å². The van der Waals surface area contributed by atoms with E-state index < -0.39 is 11.6 Å². The smallest absolute Gasteiger partial charge is 0.168 e. The highest BCUT2D eigenvalue weighted by Crippen LogP contribution is 2.23. The summed E-state index contributed by atoms with van der Waals surface area (Å²) in [5, 5.41) is 0. The van der Waals surface area contributed by atoms with Gasteiger partial charge >= 0.3 is 0 Å². The van der Waals surface area contributed by atoms with Crippen LogP contribution in [0.3, 0.4) is 0 Å². The zero-order chi connectivity index (χ0) is 12.4. The molecule has 0 saturated heterocycles. The predicted molar refractivity (Wildman–Crippen MR) is 59.7 cm³/mol. The molecule has 1 aromatic heterocycles. The van der Waals surface area contributed by atoms with Gasteiger partial charge in [0.15, 0.2) is 11.6 Å². The number of benzene rings is 1. The van der Waals surface area contributed by atoms with Gasteiger partial charge in [0, 0.05) is 16.8 Å². The van der Waals surface area contributed by atoms with E-state index in [1.54, 1.807) is 13.0 Å². The van der Waals surface area contributed by atoms with Gasteiger partial charge in [-0.15, -0.1) is 0 Å². The molecular weight excluding hydrogens is 224 g/mol. The van der Waals surface area contributed by atoms with Crippen molar-refractivity contribution in [3.63, 3.8) is 0 Å². The van der Waals surface area contributed by atoms with Crippen molar-refractivity contribution >= 4 is 6.29 Å². The Balaban J connectivity index is 2.64. The molecule has 2 rings (SSSR count). The topological polar surface area (TPSA) is 30.0 Å². The van der Waals surface area contributed by atoms with Crippen molar-refractivity contribution in [1.82, 2.24) is 4.98 Å². The molecule has 1 heterocycles. The van der Waals surface area contributed by atoms with Crippen LogP contribution in [0.2, 0.25) is 0 Å². The number of nitrogens with zero attached hydrogens (tertiary/aromatic N) is 1. The average Bonchev–Trinajstić information content (AvgIpc) is 2.31. The monoisotopic (exact) mass is 233 g/mol. The van der Waals surface area contributed by atoms with Crippen molar-refractivity contribution in [3.8, 4) is 11.3 Å². The quantitative estimate of drug-likeness (QED) is 0.746. The lowest BCUT2D eigenvalue weighted by atomic mass is 10.1. The second kappa shape index (κ2) is 4.41. The van der Waals surface area contributed by atoms with Gasteiger partial charge in [0.2, 0.25) is 0 Å². The molecule has 0 aliphatic heterocycles. The van der Waals surface area contributed by atoms with Gasteiger partial charge in [0.25, 0.3) is 0 Å². The standard InChI is InChI=1S/C13H9F2NO/c1-8-5-9(7-17)6-12(16-8)10-3-2-4-11(14)13(10)15/h2-7H,1H3. The summed E-state index contributed by atoms with van der Waals surface area (Å²) >= 11 is 0. The fourth-order valence-corrected chi connectivity index (χ4v) is 1.60. The number of aldehydes is 1. The van der Waals surface area contributed by atoms with Crippen molar-refractivity contribution < 1.29 is 13.6 Å². The first kappa shape index (κ1) is 11.4. The van der Waals surface area contributed by atoms with Crippen LogP contribution in [-0.4, -0.2) is 11.3 Å². The van der Waals surface area contributed by atoms with Gasteiger partial charge in [-0.25, -0.2) is 8.78 Å². The fraction of sp³-hybridized carbons (Fsp3) is 0.0769. The molecule has 0 bridgehead atoms. The van der Waals surface area contributed by atoms with Crippen molar-refractivity contribution in [2.75, 3.05) is 0 Å². The maximum absolute atomic E-state index is 13.6. The zero-order valence-corrected chi connectivity index (χ0v) is 9.08. The van der Waals surface area contributed by atoms with Crippen LogP contribution in [0.4, 0.5) is 8.78 Å². The zero-order valence-electron chi connectivity index (χ0n) is 9.08. The number of hydrogen-bond acceptors (Lipinski definition) is 2. The van der Waals surface area contributed by atoms with Gasteiger partial charge in [-0.3, -0.25) is 9.78 Å². The minimum absolute atomic E-state index is 0.0526. The Morgan fingerprint density at radius 3 is 2.71 bits per heavy atom. The molecule has 0 N–H and O–H groups in total. The van der Waals surface area contributed by atoms with Gasteiger partial charge in [-0.05, 0) is 31.2 Å². The average molecular weight is 233 g/mol. The number of hydrogen-bond donors (Lipinski definition) is 0. The van der Waals surface area contributed by atoms with E-state index in [-0.39, 0.29) is 11.3 Å². The molecule has 0 radical (unpaired) electrons. The predicted octanol–water partition coefficient (Wildman–Crippen LogP) is 3.15. The van der Waals surface area contributed by atoms with Crippen molar-refractivity contribution in [3.05, 3.63) is 53.2 Å². The Kier molecular flexibility index (Phi) is 2.95. The molecule has 1 aromatic carbocycles. The first-order chi connectivity index (χ1) is 8.11. The molecule has 0 spiro atoms. The third-order valence-electron chi connectivity index (χ3n) is 2.34. The Morgan fingerprint density at radius 1 is 1.24 bits per heavy atom. The lowest BCUT2D eigenvalue weighted by molar-refractivity contribution is 0.112. The Hall–Kier alpha value is -2.10. The van der Waals surface area contributed by atoms with Crippen LogP contribution in [0.5, 0.6) is 0 Å². The number of aromatic nitrogens is 1. The summed E-state index contributed by atoms with van der Waals surface area (Å²) in [7, 11) is 0. The maximum atomic E-state index is 13.6. The van der Waals surface area contributed by atoms with E-state index in [1.807, 2.05) is 0 Å². The van der Waals surface area contributed by atoms with Crippen LogP contribution >= 0.6 is 0 Å². The highest BCUT2D eigenvalue weighted by molar-refractivity contribution is 5.78. The first-order valence-electron chi connectivity index (χ1n) is 5.00. The lowest BCUT2D eigenvalue weighted by Crippen LogP contribution is -1.95. The second-order valence-electron chi connectivity index (χ2n) is 3.65. The van der Waals surface area contributed by atoms with E-state index in [0.717, 1.165) is 6.07 Å². The molecule has 17 heavy (non-hydrogen) atoms. The molecule has 2 nitrogen and oxygen atoms in total. The maximum Gasteiger partial charge on any atom is 0.168 e.